The van der Waals surface area contributed by atoms with Crippen molar-refractivity contribution in [3.05, 3.63) is 10.1 Å². The molecule has 0 radical (unpaired) electrons. The van der Waals surface area contributed by atoms with Crippen molar-refractivity contribution in [3.63, 3.8) is 0 Å². The first kappa shape index (κ1) is 61.4. The normalized spacial score (nSPS) is 43.1. The van der Waals surface area contributed by atoms with Crippen LogP contribution in [0, 0.1) is 32.8 Å². The highest BCUT2D eigenvalue weighted by molar-refractivity contribution is 5.77. The first-order valence-electron chi connectivity index (χ1n) is 23.1. The second-order valence-electron chi connectivity index (χ2n) is 18.3. The van der Waals surface area contributed by atoms with Gasteiger partial charge in [-0.15, -0.1) is 0 Å². The first-order valence-corrected chi connectivity index (χ1v) is 23.1. The number of nitrogens with zero attached hydrogens (tertiary/aromatic N) is 7. The molecule has 0 aromatic rings. The summed E-state index contributed by atoms with van der Waals surface area (Å²) in [5.74, 6) is -3.45. The summed E-state index contributed by atoms with van der Waals surface area (Å²) in [5.41, 5.74) is -7.83. The van der Waals surface area contributed by atoms with E-state index in [-0.39, 0.29) is 51.9 Å². The van der Waals surface area contributed by atoms with Gasteiger partial charge in [0.25, 0.3) is 11.3 Å². The van der Waals surface area contributed by atoms with E-state index in [0.29, 0.717) is 4.90 Å². The molecule has 8 fully saturated rings. The van der Waals surface area contributed by atoms with Crippen molar-refractivity contribution in [2.75, 3.05) is 52.6 Å². The van der Waals surface area contributed by atoms with Gasteiger partial charge in [0.05, 0.1) is 31.4 Å². The molecule has 0 bridgehead atoms. The Morgan fingerprint density at radius 3 is 1.07 bits per heavy atom. The van der Waals surface area contributed by atoms with Gasteiger partial charge in [-0.3, -0.25) is 29.7 Å². The van der Waals surface area contributed by atoms with Gasteiger partial charge in [0.2, 0.25) is 6.23 Å². The SMILES string of the molecule is C[C@]1(F)C(N2CCC(O)NC2=O)O[C@H](CO)[C@H]1O.N#C[C@@]1(F)C(N2CCC(O)NC2=O)O[C@H](CO)[C@H]1O.N#C[C@]1(F)C(N2CCC(O)NC2=O)O[C@H](CO)[C@H]1O.O=C1NC(O)CCN1C1O[C@H](CO)[C@@H](O)[C@@]1(F)[N+](=O)[O-]. The standard InChI is InChI=1S/2C10H14FN3O5.C10H17FN2O5.C9H14FN3O7/c2*11-10(4-12)7(17)5(3-15)19-8(10)14-2-1-6(16)13-9(14)18;1-10(11)7(16)5(4-14)18-8(10)13-3-2-6(15)12-9(13)17;10-9(13(18)19)6(16)4(3-14)20-7(9)12-2-1-5(15)11-8(12)17/h2*5-8,15-17H,1-3H2,(H,13,18);5-8,14-16H,2-4H2,1H3,(H,12,17);4-7,14-16H,1-3H2,(H,11,17)/t5-,6?,7-,8?,10+;2*5-,6?,7-,8?,10-;4-,5?,6-,7?,9-/m1111/s1. The summed E-state index contributed by atoms with van der Waals surface area (Å²) < 4.78 is 78.1. The number of rotatable bonds is 9. The zero-order chi connectivity index (χ0) is 57.0. The molecule has 0 saturated carbocycles. The summed E-state index contributed by atoms with van der Waals surface area (Å²) >= 11 is 0. The van der Waals surface area contributed by atoms with E-state index in [0.717, 1.165) is 21.6 Å². The van der Waals surface area contributed by atoms with Gasteiger partial charge in [-0.1, -0.05) is 0 Å². The van der Waals surface area contributed by atoms with Crippen molar-refractivity contribution in [3.8, 4) is 12.1 Å². The Labute approximate surface area is 426 Å². The molecule has 8 saturated heterocycles. The van der Waals surface area contributed by atoms with Gasteiger partial charge in [-0.05, 0) is 6.92 Å². The van der Waals surface area contributed by atoms with Crippen LogP contribution >= 0.6 is 0 Å². The van der Waals surface area contributed by atoms with Gasteiger partial charge in [0, 0.05) is 51.9 Å². The van der Waals surface area contributed by atoms with Gasteiger partial charge in [-0.2, -0.15) is 14.9 Å². The van der Waals surface area contributed by atoms with Crippen molar-refractivity contribution in [1.82, 2.24) is 40.9 Å². The van der Waals surface area contributed by atoms with E-state index < -0.39 is 177 Å². The van der Waals surface area contributed by atoms with Crippen molar-refractivity contribution in [1.29, 1.82) is 10.5 Å². The zero-order valence-corrected chi connectivity index (χ0v) is 39.8. The number of amides is 8. The number of halogens is 4. The summed E-state index contributed by atoms with van der Waals surface area (Å²) in [6, 6.07) is -0.619. The predicted octanol–water partition coefficient (Wildman–Crippen LogP) is -7.67. The lowest BCUT2D eigenvalue weighted by molar-refractivity contribution is -0.626. The second kappa shape index (κ2) is 24.5. The molecule has 8 aliphatic rings. The molecule has 20 atom stereocenters. The Kier molecular flexibility index (Phi) is 19.8. The monoisotopic (exact) mass is 1110 g/mol. The topological polar surface area (TPSA) is 500 Å². The Morgan fingerprint density at radius 2 is 0.789 bits per heavy atom. The Morgan fingerprint density at radius 1 is 0.526 bits per heavy atom. The number of urea groups is 4. The number of carbonyl (C=O) groups excluding carboxylic acids is 4. The summed E-state index contributed by atoms with van der Waals surface area (Å²) in [5, 5.41) is 149. The van der Waals surface area contributed by atoms with E-state index in [1.165, 1.54) is 12.1 Å². The summed E-state index contributed by atoms with van der Waals surface area (Å²) in [6.45, 7) is -1.75. The third-order valence-electron chi connectivity index (χ3n) is 13.3. The van der Waals surface area contributed by atoms with Crippen molar-refractivity contribution in [2.45, 2.75) is 154 Å². The minimum Gasteiger partial charge on any atom is -0.394 e. The van der Waals surface area contributed by atoms with E-state index in [2.05, 4.69) is 21.3 Å². The molecular formula is C39H59F4N11O22. The van der Waals surface area contributed by atoms with Crippen LogP contribution in [0.15, 0.2) is 0 Å². The molecule has 0 aromatic carbocycles. The molecule has 16 N–H and O–H groups in total. The van der Waals surface area contributed by atoms with E-state index >= 15 is 0 Å². The molecule has 0 aliphatic carbocycles. The summed E-state index contributed by atoms with van der Waals surface area (Å²) in [6.07, 6.45) is -22.8. The van der Waals surface area contributed by atoms with Gasteiger partial charge in [-0.25, -0.2) is 32.3 Å². The number of nitriles is 2. The molecule has 8 unspecified atom stereocenters. The lowest BCUT2D eigenvalue weighted by Gasteiger charge is -2.38. The number of alkyl halides is 4. The largest absolute Gasteiger partial charge is 0.430 e. The van der Waals surface area contributed by atoms with E-state index in [9.17, 15) is 87.7 Å². The van der Waals surface area contributed by atoms with Crippen LogP contribution in [0.25, 0.3) is 0 Å². The van der Waals surface area contributed by atoms with Crippen molar-refractivity contribution in [2.24, 2.45) is 0 Å². The fraction of sp³-hybridized carbons (Fsp3) is 0.846. The van der Waals surface area contributed by atoms with Crippen LogP contribution in [-0.4, -0.2) is 284 Å². The fourth-order valence-electron chi connectivity index (χ4n) is 8.96. The van der Waals surface area contributed by atoms with Gasteiger partial charge in [0.1, 0.15) is 79.8 Å². The number of hydrogen-bond acceptors (Lipinski definition) is 24. The Balaban J connectivity index is 0.000000187. The van der Waals surface area contributed by atoms with E-state index in [1.807, 2.05) is 0 Å². The highest BCUT2D eigenvalue weighted by Crippen LogP contribution is 2.41. The maximum atomic E-state index is 14.5. The zero-order valence-electron chi connectivity index (χ0n) is 39.8. The number of carbonyl (C=O) groups is 4. The third-order valence-corrected chi connectivity index (χ3v) is 13.3. The number of aliphatic hydroxyl groups excluding tert-OH is 12. The molecule has 37 heteroatoms. The average Bonchev–Trinajstić information content (AvgIpc) is 3.98. The molecule has 8 heterocycles. The minimum atomic E-state index is -3.45. The van der Waals surface area contributed by atoms with Crippen LogP contribution in [0.3, 0.4) is 0 Å². The molecule has 8 amide bonds. The second-order valence-corrected chi connectivity index (χ2v) is 18.3. The van der Waals surface area contributed by atoms with Gasteiger partial charge >= 0.3 is 29.9 Å². The molecule has 0 spiro atoms. The highest BCUT2D eigenvalue weighted by atomic mass is 19.2. The van der Waals surface area contributed by atoms with E-state index in [1.54, 1.807) is 0 Å². The molecular weight excluding hydrogens is 1050 g/mol. The lowest BCUT2D eigenvalue weighted by Crippen LogP contribution is -2.63. The quantitative estimate of drug-likeness (QED) is 0.0441. The summed E-state index contributed by atoms with van der Waals surface area (Å²) in [7, 11) is 0. The van der Waals surface area contributed by atoms with Crippen LogP contribution in [0.5, 0.6) is 0 Å². The van der Waals surface area contributed by atoms with Crippen LogP contribution in [0.2, 0.25) is 0 Å². The molecule has 430 valence electrons. The third kappa shape index (κ3) is 11.8. The fourth-order valence-corrected chi connectivity index (χ4v) is 8.96. The van der Waals surface area contributed by atoms with Crippen LogP contribution in [-0.2, 0) is 18.9 Å². The van der Waals surface area contributed by atoms with Gasteiger partial charge < -0.3 is 101 Å². The predicted molar refractivity (Wildman–Crippen MR) is 230 cm³/mol. The molecule has 33 nitrogen and oxygen atoms in total. The summed E-state index contributed by atoms with van der Waals surface area (Å²) in [4.78, 5) is 59.7. The number of nitrogens with one attached hydrogen (secondary N) is 4. The van der Waals surface area contributed by atoms with Crippen molar-refractivity contribution < 1.29 is 122 Å². The number of aliphatic hydroxyl groups is 12. The highest BCUT2D eigenvalue weighted by Gasteiger charge is 2.70. The minimum absolute atomic E-state index is 0.0132. The smallest absolute Gasteiger partial charge is 0.394 e. The first-order chi connectivity index (χ1) is 35.6. The number of nitro groups is 1. The van der Waals surface area contributed by atoms with Crippen LogP contribution in [0.4, 0.5) is 36.7 Å². The molecule has 0 aromatic heterocycles. The maximum Gasteiger partial charge on any atom is 0.430 e. The number of hydrogen-bond donors (Lipinski definition) is 16. The molecule has 8 aliphatic heterocycles. The molecule has 76 heavy (non-hydrogen) atoms. The average molecular weight is 1110 g/mol. The lowest BCUT2D eigenvalue weighted by atomic mass is 9.97. The maximum absolute atomic E-state index is 14.5. The van der Waals surface area contributed by atoms with Gasteiger partial charge in [0.15, 0.2) is 30.5 Å². The Hall–Kier alpha value is -5.46. The number of ether oxygens (including phenoxy) is 4. The van der Waals surface area contributed by atoms with Crippen LogP contribution in [0.1, 0.15) is 32.6 Å². The van der Waals surface area contributed by atoms with Crippen molar-refractivity contribution >= 4 is 24.1 Å². The Bertz CT molecular complexity index is 2100. The molecule has 8 rings (SSSR count). The van der Waals surface area contributed by atoms with E-state index in [4.69, 9.17) is 49.9 Å². The van der Waals surface area contributed by atoms with Crippen LogP contribution < -0.4 is 21.3 Å².